The lowest BCUT2D eigenvalue weighted by Crippen LogP contribution is -2.37. The number of hydrogen-bond donors (Lipinski definition) is 1. The van der Waals surface area contributed by atoms with Crippen LogP contribution in [0.25, 0.3) is 11.1 Å². The summed E-state index contributed by atoms with van der Waals surface area (Å²) in [5.74, 6) is 0.602. The fraction of sp³-hybridized carbons (Fsp3) is 0.333. The molecule has 2 aromatic carbocycles. The molecular formula is C18H22N2O2S. The first-order valence-corrected chi connectivity index (χ1v) is 9.37. The van der Waals surface area contributed by atoms with E-state index in [1.807, 2.05) is 36.4 Å². The number of nitrogens with two attached hydrogens (primary N) is 1. The van der Waals surface area contributed by atoms with Crippen molar-refractivity contribution < 1.29 is 8.42 Å². The number of piperidine rings is 1. The fourth-order valence-corrected chi connectivity index (χ4v) is 4.41. The third-order valence-corrected chi connectivity index (χ3v) is 6.42. The van der Waals surface area contributed by atoms with E-state index in [0.29, 0.717) is 29.6 Å². The largest absolute Gasteiger partial charge is 0.398 e. The van der Waals surface area contributed by atoms with Gasteiger partial charge in [0, 0.05) is 24.3 Å². The fourth-order valence-electron chi connectivity index (χ4n) is 2.94. The van der Waals surface area contributed by atoms with Crippen LogP contribution in [0, 0.1) is 5.92 Å². The Morgan fingerprint density at radius 2 is 1.61 bits per heavy atom. The molecule has 1 aliphatic heterocycles. The molecule has 122 valence electrons. The van der Waals surface area contributed by atoms with Crippen LogP contribution in [0.5, 0.6) is 0 Å². The van der Waals surface area contributed by atoms with E-state index in [4.69, 9.17) is 5.73 Å². The molecule has 0 aromatic heterocycles. The number of anilines is 1. The average Bonchev–Trinajstić information content (AvgIpc) is 2.56. The Kier molecular flexibility index (Phi) is 4.41. The molecule has 0 atom stereocenters. The summed E-state index contributed by atoms with van der Waals surface area (Å²) < 4.78 is 27.0. The van der Waals surface area contributed by atoms with E-state index in [1.54, 1.807) is 16.4 Å². The smallest absolute Gasteiger partial charge is 0.243 e. The number of benzene rings is 2. The van der Waals surface area contributed by atoms with Crippen molar-refractivity contribution in [1.82, 2.24) is 4.31 Å². The molecule has 5 heteroatoms. The summed E-state index contributed by atoms with van der Waals surface area (Å²) >= 11 is 0. The van der Waals surface area contributed by atoms with Crippen molar-refractivity contribution in [1.29, 1.82) is 0 Å². The predicted molar refractivity (Wildman–Crippen MR) is 93.4 cm³/mol. The monoisotopic (exact) mass is 330 g/mol. The molecule has 0 spiro atoms. The summed E-state index contributed by atoms with van der Waals surface area (Å²) in [6.45, 7) is 3.39. The van der Waals surface area contributed by atoms with Crippen LogP contribution in [0.15, 0.2) is 53.4 Å². The molecule has 1 aliphatic rings. The minimum absolute atomic E-state index is 0.352. The maximum atomic E-state index is 12.7. The maximum Gasteiger partial charge on any atom is 0.243 e. The van der Waals surface area contributed by atoms with Crippen LogP contribution in [0.3, 0.4) is 0 Å². The van der Waals surface area contributed by atoms with Crippen molar-refractivity contribution in [2.75, 3.05) is 18.8 Å². The molecule has 23 heavy (non-hydrogen) atoms. The molecule has 0 aliphatic carbocycles. The third kappa shape index (κ3) is 3.26. The van der Waals surface area contributed by atoms with Gasteiger partial charge in [0.1, 0.15) is 0 Å². The van der Waals surface area contributed by atoms with Gasteiger partial charge in [-0.05, 0) is 42.5 Å². The lowest BCUT2D eigenvalue weighted by atomic mass is 10.0. The molecule has 2 aromatic rings. The van der Waals surface area contributed by atoms with Crippen LogP contribution in [-0.4, -0.2) is 25.8 Å². The van der Waals surface area contributed by atoms with Gasteiger partial charge >= 0.3 is 0 Å². The molecule has 0 bridgehead atoms. The van der Waals surface area contributed by atoms with Crippen molar-refractivity contribution in [3.05, 3.63) is 48.5 Å². The van der Waals surface area contributed by atoms with Crippen LogP contribution in [0.2, 0.25) is 0 Å². The zero-order chi connectivity index (χ0) is 16.4. The Hall–Kier alpha value is -1.85. The van der Waals surface area contributed by atoms with E-state index in [9.17, 15) is 8.42 Å². The van der Waals surface area contributed by atoms with Crippen LogP contribution in [0.4, 0.5) is 5.69 Å². The van der Waals surface area contributed by atoms with Crippen LogP contribution >= 0.6 is 0 Å². The second kappa shape index (κ2) is 6.34. The van der Waals surface area contributed by atoms with Gasteiger partial charge in [-0.15, -0.1) is 0 Å². The Morgan fingerprint density at radius 3 is 2.22 bits per heavy atom. The molecule has 3 rings (SSSR count). The van der Waals surface area contributed by atoms with E-state index in [-0.39, 0.29) is 0 Å². The lowest BCUT2D eigenvalue weighted by Gasteiger charge is -2.29. The molecule has 1 fully saturated rings. The Morgan fingerprint density at radius 1 is 1.00 bits per heavy atom. The highest BCUT2D eigenvalue weighted by atomic mass is 32.2. The first-order chi connectivity index (χ1) is 11.0. The summed E-state index contributed by atoms with van der Waals surface area (Å²) in [5.41, 5.74) is 8.51. The standard InChI is InChI=1S/C18H22N2O2S/c1-14-10-12-20(13-11-14)23(21,22)16-8-6-15(7-9-16)17-4-2-3-5-18(17)19/h2-9,14H,10-13,19H2,1H3. The van der Waals surface area contributed by atoms with Gasteiger partial charge in [-0.2, -0.15) is 4.31 Å². The van der Waals surface area contributed by atoms with E-state index < -0.39 is 10.0 Å². The Bertz CT molecular complexity index is 777. The Labute approximate surface area is 138 Å². The first-order valence-electron chi connectivity index (χ1n) is 7.93. The minimum atomic E-state index is -3.39. The third-order valence-electron chi connectivity index (χ3n) is 4.51. The quantitative estimate of drug-likeness (QED) is 0.878. The number of sulfonamides is 1. The number of para-hydroxylation sites is 1. The molecule has 0 saturated carbocycles. The zero-order valence-corrected chi connectivity index (χ0v) is 14.1. The molecular weight excluding hydrogens is 308 g/mol. The average molecular weight is 330 g/mol. The summed E-state index contributed by atoms with van der Waals surface area (Å²) in [5, 5.41) is 0. The van der Waals surface area contributed by atoms with Crippen LogP contribution in [0.1, 0.15) is 19.8 Å². The molecule has 0 unspecified atom stereocenters. The normalized spacial score (nSPS) is 17.3. The van der Waals surface area contributed by atoms with Gasteiger partial charge < -0.3 is 5.73 Å². The molecule has 0 amide bonds. The topological polar surface area (TPSA) is 63.4 Å². The van der Waals surface area contributed by atoms with Gasteiger partial charge in [0.25, 0.3) is 0 Å². The highest BCUT2D eigenvalue weighted by Crippen LogP contribution is 2.28. The number of nitrogen functional groups attached to an aromatic ring is 1. The second-order valence-corrected chi connectivity index (χ2v) is 8.14. The molecule has 2 N–H and O–H groups in total. The van der Waals surface area contributed by atoms with Gasteiger partial charge in [0.05, 0.1) is 4.90 Å². The van der Waals surface area contributed by atoms with Gasteiger partial charge in [-0.25, -0.2) is 8.42 Å². The number of rotatable bonds is 3. The van der Waals surface area contributed by atoms with Crippen LogP contribution < -0.4 is 5.73 Å². The van der Waals surface area contributed by atoms with Gasteiger partial charge in [0.2, 0.25) is 10.0 Å². The summed E-state index contributed by atoms with van der Waals surface area (Å²) in [6.07, 6.45) is 1.86. The van der Waals surface area contributed by atoms with E-state index in [2.05, 4.69) is 6.92 Å². The molecule has 4 nitrogen and oxygen atoms in total. The molecule has 1 saturated heterocycles. The summed E-state index contributed by atoms with van der Waals surface area (Å²) in [7, 11) is -3.39. The van der Waals surface area contributed by atoms with Gasteiger partial charge in [-0.1, -0.05) is 37.3 Å². The van der Waals surface area contributed by atoms with E-state index in [0.717, 1.165) is 24.0 Å². The van der Waals surface area contributed by atoms with Crippen molar-refractivity contribution in [3.8, 4) is 11.1 Å². The van der Waals surface area contributed by atoms with Crippen molar-refractivity contribution in [2.45, 2.75) is 24.7 Å². The predicted octanol–water partition coefficient (Wildman–Crippen LogP) is 3.36. The van der Waals surface area contributed by atoms with E-state index >= 15 is 0 Å². The number of hydrogen-bond acceptors (Lipinski definition) is 3. The maximum absolute atomic E-state index is 12.7. The second-order valence-electron chi connectivity index (χ2n) is 6.20. The highest BCUT2D eigenvalue weighted by Gasteiger charge is 2.27. The lowest BCUT2D eigenvalue weighted by molar-refractivity contribution is 0.288. The molecule has 1 heterocycles. The van der Waals surface area contributed by atoms with Crippen molar-refractivity contribution >= 4 is 15.7 Å². The van der Waals surface area contributed by atoms with Gasteiger partial charge in [0.15, 0.2) is 0 Å². The first kappa shape index (κ1) is 16.0. The summed E-state index contributed by atoms with van der Waals surface area (Å²) in [4.78, 5) is 0.352. The Balaban J connectivity index is 1.86. The molecule has 0 radical (unpaired) electrons. The van der Waals surface area contributed by atoms with Crippen LogP contribution in [-0.2, 0) is 10.0 Å². The minimum Gasteiger partial charge on any atom is -0.398 e. The number of nitrogens with zero attached hydrogens (tertiary/aromatic N) is 1. The highest BCUT2D eigenvalue weighted by molar-refractivity contribution is 7.89. The SMILES string of the molecule is CC1CCN(S(=O)(=O)c2ccc(-c3ccccc3N)cc2)CC1. The van der Waals surface area contributed by atoms with Crippen molar-refractivity contribution in [3.63, 3.8) is 0 Å². The van der Waals surface area contributed by atoms with Gasteiger partial charge in [-0.3, -0.25) is 0 Å². The summed E-state index contributed by atoms with van der Waals surface area (Å²) in [6, 6.07) is 14.6. The van der Waals surface area contributed by atoms with E-state index in [1.165, 1.54) is 0 Å². The zero-order valence-electron chi connectivity index (χ0n) is 13.3. The van der Waals surface area contributed by atoms with Crippen molar-refractivity contribution in [2.24, 2.45) is 5.92 Å².